The van der Waals surface area contributed by atoms with Gasteiger partial charge in [0.05, 0.1) is 5.92 Å². The summed E-state index contributed by atoms with van der Waals surface area (Å²) in [6, 6.07) is 4.49. The van der Waals surface area contributed by atoms with Crippen molar-refractivity contribution in [2.75, 3.05) is 0 Å². The van der Waals surface area contributed by atoms with Crippen LogP contribution in [0, 0.1) is 0 Å². The van der Waals surface area contributed by atoms with E-state index in [1.54, 1.807) is 13.0 Å². The molecular weight excluding hydrogens is 250 g/mol. The van der Waals surface area contributed by atoms with Crippen LogP contribution < -0.4 is 15.2 Å². The van der Waals surface area contributed by atoms with Crippen molar-refractivity contribution in [1.29, 1.82) is 0 Å². The molecule has 6 nitrogen and oxygen atoms in total. The van der Waals surface area contributed by atoms with Gasteiger partial charge in [0.15, 0.2) is 11.5 Å². The third-order valence-electron chi connectivity index (χ3n) is 2.40. The summed E-state index contributed by atoms with van der Waals surface area (Å²) in [5, 5.41) is 0. The highest BCUT2D eigenvalue weighted by Gasteiger charge is 2.16. The second-order valence-electron chi connectivity index (χ2n) is 4.02. The van der Waals surface area contributed by atoms with Gasteiger partial charge in [-0.1, -0.05) is 6.07 Å². The van der Waals surface area contributed by atoms with E-state index in [1.807, 2.05) is 0 Å². The fraction of sp³-hybridized carbons (Fsp3) is 0.308. The van der Waals surface area contributed by atoms with Crippen LogP contribution in [0.15, 0.2) is 18.2 Å². The molecule has 2 N–H and O–H groups in total. The van der Waals surface area contributed by atoms with Crippen molar-refractivity contribution in [1.82, 2.24) is 0 Å². The highest BCUT2D eigenvalue weighted by molar-refractivity contribution is 5.82. The third-order valence-corrected chi connectivity index (χ3v) is 2.40. The van der Waals surface area contributed by atoms with Gasteiger partial charge in [-0.25, -0.2) is 0 Å². The quantitative estimate of drug-likeness (QED) is 0.650. The van der Waals surface area contributed by atoms with Gasteiger partial charge in [0.1, 0.15) is 0 Å². The fourth-order valence-electron chi connectivity index (χ4n) is 1.43. The van der Waals surface area contributed by atoms with Gasteiger partial charge < -0.3 is 15.2 Å². The van der Waals surface area contributed by atoms with Crippen molar-refractivity contribution in [2.24, 2.45) is 5.73 Å². The second-order valence-corrected chi connectivity index (χ2v) is 4.02. The molecule has 0 saturated heterocycles. The van der Waals surface area contributed by atoms with Crippen molar-refractivity contribution >= 4 is 17.8 Å². The van der Waals surface area contributed by atoms with Gasteiger partial charge >= 0.3 is 11.9 Å². The fourth-order valence-corrected chi connectivity index (χ4v) is 1.43. The van der Waals surface area contributed by atoms with Crippen LogP contribution in [0.25, 0.3) is 0 Å². The van der Waals surface area contributed by atoms with Gasteiger partial charge in [-0.3, -0.25) is 14.4 Å². The molecular formula is C13H15NO5. The highest BCUT2D eigenvalue weighted by Crippen LogP contribution is 2.31. The molecule has 0 aliphatic rings. The first kappa shape index (κ1) is 14.7. The van der Waals surface area contributed by atoms with E-state index in [0.717, 1.165) is 0 Å². The van der Waals surface area contributed by atoms with Crippen LogP contribution in [0.3, 0.4) is 0 Å². The molecule has 0 aliphatic heterocycles. The first-order chi connectivity index (χ1) is 8.81. The first-order valence-corrected chi connectivity index (χ1v) is 5.61. The topological polar surface area (TPSA) is 95.7 Å². The molecule has 0 heterocycles. The predicted molar refractivity (Wildman–Crippen MR) is 66.7 cm³/mol. The molecule has 102 valence electrons. The number of carbonyl (C=O) groups is 3. The Balaban J connectivity index is 3.17. The van der Waals surface area contributed by atoms with Crippen molar-refractivity contribution in [3.63, 3.8) is 0 Å². The number of hydrogen-bond donors (Lipinski definition) is 1. The van der Waals surface area contributed by atoms with Crippen LogP contribution in [-0.4, -0.2) is 17.8 Å². The standard InChI is InChI=1S/C13H15NO5/c1-7(13(14)17)10-4-5-11(18-8(2)15)12(6-10)19-9(3)16/h4-7H,1-3H3,(H2,14,17). The zero-order valence-corrected chi connectivity index (χ0v) is 10.9. The van der Waals surface area contributed by atoms with Gasteiger partial charge in [-0.15, -0.1) is 0 Å². The van der Waals surface area contributed by atoms with Crippen LogP contribution in [-0.2, 0) is 14.4 Å². The first-order valence-electron chi connectivity index (χ1n) is 5.61. The molecule has 6 heteroatoms. The van der Waals surface area contributed by atoms with E-state index in [2.05, 4.69) is 0 Å². The Hall–Kier alpha value is -2.37. The Morgan fingerprint density at radius 2 is 1.58 bits per heavy atom. The molecule has 1 aromatic carbocycles. The average molecular weight is 265 g/mol. The van der Waals surface area contributed by atoms with E-state index < -0.39 is 23.8 Å². The minimum absolute atomic E-state index is 0.0771. The van der Waals surface area contributed by atoms with Crippen molar-refractivity contribution in [3.05, 3.63) is 23.8 Å². The van der Waals surface area contributed by atoms with Crippen LogP contribution in [0.5, 0.6) is 11.5 Å². The smallest absolute Gasteiger partial charge is 0.308 e. The predicted octanol–water partition coefficient (Wildman–Crippen LogP) is 1.13. The Morgan fingerprint density at radius 1 is 1.05 bits per heavy atom. The number of esters is 2. The summed E-state index contributed by atoms with van der Waals surface area (Å²) < 4.78 is 9.86. The van der Waals surface area contributed by atoms with E-state index in [9.17, 15) is 14.4 Å². The number of rotatable bonds is 4. The number of amides is 1. The number of primary amides is 1. The number of ether oxygens (including phenoxy) is 2. The lowest BCUT2D eigenvalue weighted by Crippen LogP contribution is -2.19. The number of nitrogens with two attached hydrogens (primary N) is 1. The number of hydrogen-bond acceptors (Lipinski definition) is 5. The maximum absolute atomic E-state index is 11.1. The lowest BCUT2D eigenvalue weighted by Gasteiger charge is -2.13. The number of carbonyl (C=O) groups excluding carboxylic acids is 3. The largest absolute Gasteiger partial charge is 0.423 e. The molecule has 0 saturated carbocycles. The molecule has 0 aliphatic carbocycles. The Morgan fingerprint density at radius 3 is 2.05 bits per heavy atom. The Bertz CT molecular complexity index is 524. The van der Waals surface area contributed by atoms with Crippen LogP contribution in [0.2, 0.25) is 0 Å². The monoisotopic (exact) mass is 265 g/mol. The average Bonchev–Trinajstić information content (AvgIpc) is 2.29. The molecule has 19 heavy (non-hydrogen) atoms. The van der Waals surface area contributed by atoms with E-state index in [1.165, 1.54) is 26.0 Å². The van der Waals surface area contributed by atoms with Crippen LogP contribution in [0.1, 0.15) is 32.3 Å². The van der Waals surface area contributed by atoms with E-state index in [0.29, 0.717) is 5.56 Å². The lowest BCUT2D eigenvalue weighted by molar-refractivity contribution is -0.134. The maximum Gasteiger partial charge on any atom is 0.308 e. The minimum atomic E-state index is -0.558. The summed E-state index contributed by atoms with van der Waals surface area (Å²) in [6.45, 7) is 4.08. The van der Waals surface area contributed by atoms with Crippen molar-refractivity contribution in [3.8, 4) is 11.5 Å². The second kappa shape index (κ2) is 5.99. The Labute approximate surface area is 110 Å². The molecule has 0 fully saturated rings. The van der Waals surface area contributed by atoms with Gasteiger partial charge in [0, 0.05) is 13.8 Å². The summed E-state index contributed by atoms with van der Waals surface area (Å²) in [5.41, 5.74) is 5.78. The molecule has 1 atom stereocenters. The summed E-state index contributed by atoms with van der Waals surface area (Å²) >= 11 is 0. The molecule has 0 aromatic heterocycles. The van der Waals surface area contributed by atoms with Crippen LogP contribution >= 0.6 is 0 Å². The van der Waals surface area contributed by atoms with Gasteiger partial charge in [-0.05, 0) is 24.6 Å². The molecule has 0 spiro atoms. The van der Waals surface area contributed by atoms with E-state index in [4.69, 9.17) is 15.2 Å². The van der Waals surface area contributed by atoms with Crippen LogP contribution in [0.4, 0.5) is 0 Å². The zero-order chi connectivity index (χ0) is 14.6. The van der Waals surface area contributed by atoms with E-state index in [-0.39, 0.29) is 11.5 Å². The summed E-state index contributed by atoms with van der Waals surface area (Å²) in [5.74, 6) is -1.95. The molecule has 1 rings (SSSR count). The maximum atomic E-state index is 11.1. The lowest BCUT2D eigenvalue weighted by atomic mass is 10.0. The van der Waals surface area contributed by atoms with Gasteiger partial charge in [0.25, 0.3) is 0 Å². The third kappa shape index (κ3) is 4.09. The molecule has 0 radical (unpaired) electrons. The summed E-state index contributed by atoms with van der Waals surface area (Å²) in [4.78, 5) is 33.1. The van der Waals surface area contributed by atoms with Crippen molar-refractivity contribution < 1.29 is 23.9 Å². The summed E-state index contributed by atoms with van der Waals surface area (Å²) in [6.07, 6.45) is 0. The summed E-state index contributed by atoms with van der Waals surface area (Å²) in [7, 11) is 0. The normalized spacial score (nSPS) is 11.5. The Kier molecular flexibility index (Phi) is 4.63. The molecule has 0 bridgehead atoms. The molecule has 1 aromatic rings. The zero-order valence-electron chi connectivity index (χ0n) is 10.9. The molecule has 1 amide bonds. The highest BCUT2D eigenvalue weighted by atomic mass is 16.6. The van der Waals surface area contributed by atoms with E-state index >= 15 is 0 Å². The van der Waals surface area contributed by atoms with Gasteiger partial charge in [0.2, 0.25) is 5.91 Å². The minimum Gasteiger partial charge on any atom is -0.423 e. The molecule has 1 unspecified atom stereocenters. The van der Waals surface area contributed by atoms with Crippen molar-refractivity contribution in [2.45, 2.75) is 26.7 Å². The SMILES string of the molecule is CC(=O)Oc1ccc(C(C)C(N)=O)cc1OC(C)=O. The number of benzene rings is 1. The van der Waals surface area contributed by atoms with Gasteiger partial charge in [-0.2, -0.15) is 0 Å².